The van der Waals surface area contributed by atoms with Crippen molar-refractivity contribution < 1.29 is 19.1 Å². The van der Waals surface area contributed by atoms with Crippen molar-refractivity contribution in [3.8, 4) is 0 Å². The number of carboxylic acid groups (broad SMARTS) is 1. The van der Waals surface area contributed by atoms with Crippen LogP contribution < -0.4 is 5.43 Å². The number of carbonyl (C=O) groups is 2. The molecule has 0 fully saturated rings. The predicted octanol–water partition coefficient (Wildman–Crippen LogP) is 2.50. The van der Waals surface area contributed by atoms with Crippen LogP contribution in [-0.2, 0) is 0 Å². The summed E-state index contributed by atoms with van der Waals surface area (Å²) in [4.78, 5) is 23.5. The van der Waals surface area contributed by atoms with Crippen molar-refractivity contribution >= 4 is 28.9 Å². The number of rotatable bonds is 4. The highest BCUT2D eigenvalue weighted by molar-refractivity contribution is 7.15. The van der Waals surface area contributed by atoms with E-state index in [-0.39, 0.29) is 10.8 Å². The summed E-state index contributed by atoms with van der Waals surface area (Å²) in [6.07, 6.45) is 1.43. The molecule has 0 aliphatic heterocycles. The molecule has 0 aromatic carbocycles. The van der Waals surface area contributed by atoms with Gasteiger partial charge >= 0.3 is 5.97 Å². The Morgan fingerprint density at radius 1 is 1.30 bits per heavy atom. The third-order valence-corrected chi connectivity index (χ3v) is 3.78. The van der Waals surface area contributed by atoms with Crippen LogP contribution >= 0.6 is 11.3 Å². The standard InChI is InChI=1S/C13H12N2O4S/c1-7(10-3-4-11(20-10)13(17)18)14-15-12(16)9-5-6-19-8(9)2/h3-6H,1-2H3,(H,15,16)(H,17,18). The quantitative estimate of drug-likeness (QED) is 0.669. The summed E-state index contributed by atoms with van der Waals surface area (Å²) >= 11 is 1.10. The van der Waals surface area contributed by atoms with Crippen molar-refractivity contribution in [1.29, 1.82) is 0 Å². The minimum Gasteiger partial charge on any atom is -0.477 e. The van der Waals surface area contributed by atoms with E-state index < -0.39 is 5.97 Å². The Bertz CT molecular complexity index is 684. The monoisotopic (exact) mass is 292 g/mol. The predicted molar refractivity (Wildman–Crippen MR) is 74.4 cm³/mol. The SMILES string of the molecule is CC(=NNC(=O)c1ccoc1C)c1ccc(C(=O)O)s1. The van der Waals surface area contributed by atoms with Gasteiger partial charge in [0.05, 0.1) is 22.4 Å². The van der Waals surface area contributed by atoms with Crippen molar-refractivity contribution in [3.63, 3.8) is 0 Å². The Hall–Kier alpha value is -2.41. The average Bonchev–Trinajstić information content (AvgIpc) is 3.04. The summed E-state index contributed by atoms with van der Waals surface area (Å²) in [5, 5.41) is 12.8. The van der Waals surface area contributed by atoms with E-state index in [9.17, 15) is 9.59 Å². The summed E-state index contributed by atoms with van der Waals surface area (Å²) < 4.78 is 5.03. The molecule has 2 N–H and O–H groups in total. The van der Waals surface area contributed by atoms with Crippen LogP contribution in [-0.4, -0.2) is 22.7 Å². The molecule has 0 atom stereocenters. The number of amides is 1. The van der Waals surface area contributed by atoms with E-state index in [0.717, 1.165) is 11.3 Å². The maximum Gasteiger partial charge on any atom is 0.345 e. The van der Waals surface area contributed by atoms with Crippen LogP contribution in [0.25, 0.3) is 0 Å². The van der Waals surface area contributed by atoms with Gasteiger partial charge in [0.1, 0.15) is 10.6 Å². The van der Waals surface area contributed by atoms with Crippen molar-refractivity contribution in [2.75, 3.05) is 0 Å². The molecule has 0 saturated heterocycles. The zero-order chi connectivity index (χ0) is 14.7. The molecule has 7 heteroatoms. The van der Waals surface area contributed by atoms with Gasteiger partial charge in [-0.3, -0.25) is 4.79 Å². The Kier molecular flexibility index (Phi) is 3.99. The molecule has 2 heterocycles. The second-order valence-corrected chi connectivity index (χ2v) is 5.08. The lowest BCUT2D eigenvalue weighted by molar-refractivity contribution is 0.0702. The first-order valence-electron chi connectivity index (χ1n) is 5.71. The number of nitrogens with one attached hydrogen (secondary N) is 1. The van der Waals surface area contributed by atoms with E-state index in [4.69, 9.17) is 9.52 Å². The molecule has 2 rings (SSSR count). The Morgan fingerprint density at radius 3 is 2.55 bits per heavy atom. The van der Waals surface area contributed by atoms with Crippen molar-refractivity contribution in [2.45, 2.75) is 13.8 Å². The maximum absolute atomic E-state index is 11.8. The van der Waals surface area contributed by atoms with E-state index in [2.05, 4.69) is 10.5 Å². The lowest BCUT2D eigenvalue weighted by atomic mass is 10.2. The Balaban J connectivity index is 2.09. The lowest BCUT2D eigenvalue weighted by Gasteiger charge is -2.00. The summed E-state index contributed by atoms with van der Waals surface area (Å²) in [6.45, 7) is 3.38. The van der Waals surface area contributed by atoms with Gasteiger partial charge in [0.25, 0.3) is 5.91 Å². The smallest absolute Gasteiger partial charge is 0.345 e. The van der Waals surface area contributed by atoms with Crippen LogP contribution in [0, 0.1) is 6.92 Å². The van der Waals surface area contributed by atoms with Gasteiger partial charge in [-0.15, -0.1) is 11.3 Å². The number of hydrogen-bond donors (Lipinski definition) is 2. The fourth-order valence-electron chi connectivity index (χ4n) is 1.52. The largest absolute Gasteiger partial charge is 0.477 e. The number of carboxylic acids is 1. The van der Waals surface area contributed by atoms with Gasteiger partial charge in [0.15, 0.2) is 0 Å². The number of nitrogens with zero attached hydrogens (tertiary/aromatic N) is 1. The highest BCUT2D eigenvalue weighted by Crippen LogP contribution is 2.17. The number of hydrogen-bond acceptors (Lipinski definition) is 5. The molecule has 0 saturated carbocycles. The van der Waals surface area contributed by atoms with Crippen LogP contribution in [0.1, 0.15) is 37.6 Å². The molecule has 104 valence electrons. The van der Waals surface area contributed by atoms with Crippen LogP contribution in [0.4, 0.5) is 0 Å². The zero-order valence-corrected chi connectivity index (χ0v) is 11.7. The highest BCUT2D eigenvalue weighted by atomic mass is 32.1. The number of carbonyl (C=O) groups excluding carboxylic acids is 1. The third kappa shape index (κ3) is 2.94. The van der Waals surface area contributed by atoms with Crippen molar-refractivity contribution in [3.05, 3.63) is 45.5 Å². The normalized spacial score (nSPS) is 11.4. The molecule has 0 radical (unpaired) electrons. The number of aryl methyl sites for hydroxylation is 1. The molecule has 20 heavy (non-hydrogen) atoms. The van der Waals surface area contributed by atoms with Crippen molar-refractivity contribution in [1.82, 2.24) is 5.43 Å². The molecule has 0 bridgehead atoms. The fourth-order valence-corrected chi connectivity index (χ4v) is 2.31. The number of aromatic carboxylic acids is 1. The average molecular weight is 292 g/mol. The van der Waals surface area contributed by atoms with Gasteiger partial charge in [-0.05, 0) is 32.0 Å². The summed E-state index contributed by atoms with van der Waals surface area (Å²) in [5.74, 6) is -0.836. The van der Waals surface area contributed by atoms with Crippen LogP contribution in [0.2, 0.25) is 0 Å². The minimum atomic E-state index is -0.980. The van der Waals surface area contributed by atoms with Crippen LogP contribution in [0.15, 0.2) is 34.0 Å². The zero-order valence-electron chi connectivity index (χ0n) is 10.8. The van der Waals surface area contributed by atoms with Crippen molar-refractivity contribution in [2.24, 2.45) is 5.10 Å². The highest BCUT2D eigenvalue weighted by Gasteiger charge is 2.12. The summed E-state index contributed by atoms with van der Waals surface area (Å²) in [5.41, 5.74) is 3.37. The van der Waals surface area contributed by atoms with Gasteiger partial charge in [0.2, 0.25) is 0 Å². The summed E-state index contributed by atoms with van der Waals surface area (Å²) in [6, 6.07) is 4.72. The van der Waals surface area contributed by atoms with Gasteiger partial charge in [-0.2, -0.15) is 5.10 Å². The van der Waals surface area contributed by atoms with E-state index in [1.54, 1.807) is 26.0 Å². The van der Waals surface area contributed by atoms with E-state index >= 15 is 0 Å². The van der Waals surface area contributed by atoms with Gasteiger partial charge < -0.3 is 9.52 Å². The van der Waals surface area contributed by atoms with Crippen LogP contribution in [0.5, 0.6) is 0 Å². The molecule has 2 aromatic rings. The molecular weight excluding hydrogens is 280 g/mol. The lowest BCUT2D eigenvalue weighted by Crippen LogP contribution is -2.19. The second-order valence-electron chi connectivity index (χ2n) is 4.00. The number of thiophene rings is 1. The number of furan rings is 1. The van der Waals surface area contributed by atoms with Gasteiger partial charge in [0, 0.05) is 0 Å². The molecule has 0 spiro atoms. The Morgan fingerprint density at radius 2 is 2.00 bits per heavy atom. The maximum atomic E-state index is 11.8. The first-order chi connectivity index (χ1) is 9.49. The van der Waals surface area contributed by atoms with E-state index in [0.29, 0.717) is 21.9 Å². The first-order valence-corrected chi connectivity index (χ1v) is 6.53. The molecule has 0 unspecified atom stereocenters. The van der Waals surface area contributed by atoms with Crippen LogP contribution in [0.3, 0.4) is 0 Å². The third-order valence-electron chi connectivity index (χ3n) is 2.60. The Labute approximate surface area is 118 Å². The molecular formula is C13H12N2O4S. The van der Waals surface area contributed by atoms with E-state index in [1.807, 2.05) is 0 Å². The summed E-state index contributed by atoms with van der Waals surface area (Å²) in [7, 11) is 0. The molecule has 0 aliphatic rings. The van der Waals surface area contributed by atoms with Gasteiger partial charge in [-0.25, -0.2) is 10.2 Å². The van der Waals surface area contributed by atoms with Gasteiger partial charge in [-0.1, -0.05) is 0 Å². The molecule has 2 aromatic heterocycles. The number of hydrazone groups is 1. The second kappa shape index (κ2) is 5.70. The molecule has 0 aliphatic carbocycles. The first kappa shape index (κ1) is 14.0. The fraction of sp³-hybridized carbons (Fsp3) is 0.154. The minimum absolute atomic E-state index is 0.228. The molecule has 1 amide bonds. The van der Waals surface area contributed by atoms with E-state index in [1.165, 1.54) is 12.3 Å². The topological polar surface area (TPSA) is 91.9 Å². The molecule has 6 nitrogen and oxygen atoms in total.